The summed E-state index contributed by atoms with van der Waals surface area (Å²) >= 11 is 0. The molecule has 1 N–H and O–H groups in total. The van der Waals surface area contributed by atoms with Crippen LogP contribution >= 0.6 is 0 Å². The van der Waals surface area contributed by atoms with E-state index in [0.29, 0.717) is 5.75 Å². The molecule has 0 amide bonds. The van der Waals surface area contributed by atoms with Crippen molar-refractivity contribution >= 4 is 11.8 Å². The number of carbonyl (C=O) groups excluding carboxylic acids is 1. The molecular formula is C15H23NO3. The highest BCUT2D eigenvalue weighted by Gasteiger charge is 2.18. The molecule has 0 aliphatic heterocycles. The Hall–Kier alpha value is -1.71. The van der Waals surface area contributed by atoms with Gasteiger partial charge in [-0.3, -0.25) is 0 Å². The Balaban J connectivity index is 2.54. The van der Waals surface area contributed by atoms with Gasteiger partial charge in [-0.15, -0.1) is 0 Å². The molecule has 0 spiro atoms. The molecule has 1 aromatic carbocycles. The molecule has 0 heterocycles. The predicted molar refractivity (Wildman–Crippen MR) is 76.7 cm³/mol. The van der Waals surface area contributed by atoms with Crippen LogP contribution in [0.3, 0.4) is 0 Å². The van der Waals surface area contributed by atoms with Crippen molar-refractivity contribution in [1.82, 2.24) is 0 Å². The zero-order valence-corrected chi connectivity index (χ0v) is 12.2. The molecule has 0 saturated heterocycles. The standard InChI is InChI=1S/C15H23NO3/c1-5-6-10-16-12-8-7-9-13(11-12)18-14(17)19-15(2,3)4/h7-9,11,16H,5-6,10H2,1-4H3. The molecule has 0 unspecified atom stereocenters. The van der Waals surface area contributed by atoms with Gasteiger partial charge in [0, 0.05) is 18.3 Å². The van der Waals surface area contributed by atoms with E-state index in [2.05, 4.69) is 12.2 Å². The number of rotatable bonds is 5. The van der Waals surface area contributed by atoms with E-state index in [1.807, 2.05) is 12.1 Å². The molecule has 1 aromatic rings. The maximum atomic E-state index is 11.5. The van der Waals surface area contributed by atoms with Gasteiger partial charge >= 0.3 is 6.16 Å². The number of unbranched alkanes of at least 4 members (excludes halogenated alkanes) is 1. The first-order valence-corrected chi connectivity index (χ1v) is 6.65. The van der Waals surface area contributed by atoms with Crippen molar-refractivity contribution in [3.63, 3.8) is 0 Å². The second-order valence-electron chi connectivity index (χ2n) is 5.37. The third-order valence-electron chi connectivity index (χ3n) is 2.28. The number of carbonyl (C=O) groups is 1. The fraction of sp³-hybridized carbons (Fsp3) is 0.533. The van der Waals surface area contributed by atoms with E-state index in [4.69, 9.17) is 9.47 Å². The van der Waals surface area contributed by atoms with E-state index in [9.17, 15) is 4.79 Å². The van der Waals surface area contributed by atoms with Crippen molar-refractivity contribution in [2.24, 2.45) is 0 Å². The van der Waals surface area contributed by atoms with Gasteiger partial charge in [-0.2, -0.15) is 0 Å². The Morgan fingerprint density at radius 3 is 2.68 bits per heavy atom. The number of benzene rings is 1. The van der Waals surface area contributed by atoms with Crippen LogP contribution in [0.4, 0.5) is 10.5 Å². The number of anilines is 1. The smallest absolute Gasteiger partial charge is 0.428 e. The monoisotopic (exact) mass is 265 g/mol. The highest BCUT2D eigenvalue weighted by atomic mass is 16.7. The van der Waals surface area contributed by atoms with Gasteiger partial charge in [0.1, 0.15) is 11.4 Å². The lowest BCUT2D eigenvalue weighted by Gasteiger charge is -2.18. The zero-order chi connectivity index (χ0) is 14.3. The van der Waals surface area contributed by atoms with Crippen LogP contribution in [0.1, 0.15) is 40.5 Å². The highest BCUT2D eigenvalue weighted by Crippen LogP contribution is 2.19. The number of nitrogens with one attached hydrogen (secondary N) is 1. The van der Waals surface area contributed by atoms with Crippen LogP contribution in [0.25, 0.3) is 0 Å². The molecule has 0 radical (unpaired) electrons. The maximum Gasteiger partial charge on any atom is 0.514 e. The Bertz CT molecular complexity index is 410. The van der Waals surface area contributed by atoms with E-state index >= 15 is 0 Å². The summed E-state index contributed by atoms with van der Waals surface area (Å²) in [5, 5.41) is 3.28. The second-order valence-corrected chi connectivity index (χ2v) is 5.37. The minimum Gasteiger partial charge on any atom is -0.428 e. The molecule has 4 heteroatoms. The largest absolute Gasteiger partial charge is 0.514 e. The molecule has 0 fully saturated rings. The SMILES string of the molecule is CCCCNc1cccc(OC(=O)OC(C)(C)C)c1. The average molecular weight is 265 g/mol. The Kier molecular flexibility index (Phi) is 5.67. The lowest BCUT2D eigenvalue weighted by molar-refractivity contribution is 0.0206. The van der Waals surface area contributed by atoms with Crippen molar-refractivity contribution in [1.29, 1.82) is 0 Å². The van der Waals surface area contributed by atoms with Crippen LogP contribution in [-0.2, 0) is 4.74 Å². The van der Waals surface area contributed by atoms with Crippen molar-refractivity contribution in [3.8, 4) is 5.75 Å². The van der Waals surface area contributed by atoms with Crippen molar-refractivity contribution in [2.75, 3.05) is 11.9 Å². The Labute approximate surface area is 115 Å². The maximum absolute atomic E-state index is 11.5. The van der Waals surface area contributed by atoms with Crippen LogP contribution in [0.2, 0.25) is 0 Å². The fourth-order valence-electron chi connectivity index (χ4n) is 1.45. The van der Waals surface area contributed by atoms with Gasteiger partial charge in [0.05, 0.1) is 0 Å². The van der Waals surface area contributed by atoms with E-state index < -0.39 is 11.8 Å². The quantitative estimate of drug-likeness (QED) is 0.492. The Morgan fingerprint density at radius 2 is 2.05 bits per heavy atom. The molecule has 0 aromatic heterocycles. The normalized spacial score (nSPS) is 10.9. The molecule has 4 nitrogen and oxygen atoms in total. The molecule has 19 heavy (non-hydrogen) atoms. The van der Waals surface area contributed by atoms with Crippen LogP contribution < -0.4 is 10.1 Å². The molecule has 0 aliphatic rings. The topological polar surface area (TPSA) is 47.6 Å². The molecule has 1 rings (SSSR count). The minimum atomic E-state index is -0.682. The molecule has 0 aliphatic carbocycles. The van der Waals surface area contributed by atoms with Crippen LogP contribution in [0, 0.1) is 0 Å². The molecule has 0 saturated carbocycles. The zero-order valence-electron chi connectivity index (χ0n) is 12.2. The summed E-state index contributed by atoms with van der Waals surface area (Å²) < 4.78 is 10.2. The summed E-state index contributed by atoms with van der Waals surface area (Å²) in [6.07, 6.45) is 1.57. The first-order valence-electron chi connectivity index (χ1n) is 6.65. The minimum absolute atomic E-state index is 0.482. The van der Waals surface area contributed by atoms with Gasteiger partial charge in [0.25, 0.3) is 0 Å². The second kappa shape index (κ2) is 7.02. The van der Waals surface area contributed by atoms with Gasteiger partial charge < -0.3 is 14.8 Å². The number of hydrogen-bond acceptors (Lipinski definition) is 4. The first-order chi connectivity index (χ1) is 8.90. The van der Waals surface area contributed by atoms with Crippen molar-refractivity contribution in [3.05, 3.63) is 24.3 Å². The van der Waals surface area contributed by atoms with Gasteiger partial charge in [-0.25, -0.2) is 4.79 Å². The molecule has 0 atom stereocenters. The van der Waals surface area contributed by atoms with Gasteiger partial charge in [-0.05, 0) is 39.3 Å². The van der Waals surface area contributed by atoms with Crippen molar-refractivity contribution in [2.45, 2.75) is 46.1 Å². The lowest BCUT2D eigenvalue weighted by atomic mass is 10.2. The first kappa shape index (κ1) is 15.3. The van der Waals surface area contributed by atoms with Crippen molar-refractivity contribution < 1.29 is 14.3 Å². The Morgan fingerprint density at radius 1 is 1.32 bits per heavy atom. The summed E-state index contributed by atoms with van der Waals surface area (Å²) in [4.78, 5) is 11.5. The predicted octanol–water partition coefficient (Wildman–Crippen LogP) is 4.21. The number of hydrogen-bond donors (Lipinski definition) is 1. The molecular weight excluding hydrogens is 242 g/mol. The van der Waals surface area contributed by atoms with E-state index in [-0.39, 0.29) is 0 Å². The van der Waals surface area contributed by atoms with E-state index in [1.54, 1.807) is 32.9 Å². The molecule has 106 valence electrons. The van der Waals surface area contributed by atoms with Gasteiger partial charge in [0.15, 0.2) is 0 Å². The number of ether oxygens (including phenoxy) is 2. The van der Waals surface area contributed by atoms with E-state index in [1.165, 1.54) is 0 Å². The van der Waals surface area contributed by atoms with Gasteiger partial charge in [-0.1, -0.05) is 19.4 Å². The summed E-state index contributed by atoms with van der Waals surface area (Å²) in [6.45, 7) is 8.46. The van der Waals surface area contributed by atoms with Crippen LogP contribution in [0.15, 0.2) is 24.3 Å². The van der Waals surface area contributed by atoms with Crippen LogP contribution in [-0.4, -0.2) is 18.3 Å². The van der Waals surface area contributed by atoms with Gasteiger partial charge in [0.2, 0.25) is 0 Å². The summed E-state index contributed by atoms with van der Waals surface area (Å²) in [5.41, 5.74) is 0.392. The third-order valence-corrected chi connectivity index (χ3v) is 2.28. The van der Waals surface area contributed by atoms with Crippen LogP contribution in [0.5, 0.6) is 5.75 Å². The average Bonchev–Trinajstić information content (AvgIpc) is 2.27. The summed E-state index contributed by atoms with van der Waals surface area (Å²) in [5.74, 6) is 0.482. The summed E-state index contributed by atoms with van der Waals surface area (Å²) in [6, 6.07) is 7.31. The highest BCUT2D eigenvalue weighted by molar-refractivity contribution is 5.65. The third kappa shape index (κ3) is 6.70. The lowest BCUT2D eigenvalue weighted by Crippen LogP contribution is -2.25. The fourth-order valence-corrected chi connectivity index (χ4v) is 1.45. The van der Waals surface area contributed by atoms with E-state index in [0.717, 1.165) is 25.1 Å². The summed E-state index contributed by atoms with van der Waals surface area (Å²) in [7, 11) is 0. The molecule has 0 bridgehead atoms.